The Balaban J connectivity index is 1.92. The zero-order valence-corrected chi connectivity index (χ0v) is 11.2. The fourth-order valence-electron chi connectivity index (χ4n) is 3.58. The van der Waals surface area contributed by atoms with E-state index in [1.807, 2.05) is 6.92 Å². The van der Waals surface area contributed by atoms with Crippen LogP contribution in [0, 0.1) is 11.8 Å². The highest BCUT2D eigenvalue weighted by molar-refractivity contribution is 5.72. The third-order valence-electron chi connectivity index (χ3n) is 4.47. The zero-order valence-electron chi connectivity index (χ0n) is 11.2. The van der Waals surface area contributed by atoms with E-state index in [0.29, 0.717) is 0 Å². The van der Waals surface area contributed by atoms with Crippen molar-refractivity contribution in [2.24, 2.45) is 11.8 Å². The van der Waals surface area contributed by atoms with Gasteiger partial charge in [-0.1, -0.05) is 19.8 Å². The van der Waals surface area contributed by atoms with Crippen molar-refractivity contribution in [1.82, 2.24) is 4.90 Å². The fraction of sp³-hybridized carbons (Fsp3) is 0.929. The maximum absolute atomic E-state index is 11.5. The van der Waals surface area contributed by atoms with Crippen LogP contribution < -0.4 is 0 Å². The second-order valence-corrected chi connectivity index (χ2v) is 5.67. The van der Waals surface area contributed by atoms with E-state index in [4.69, 9.17) is 4.74 Å². The van der Waals surface area contributed by atoms with E-state index < -0.39 is 0 Å². The van der Waals surface area contributed by atoms with Crippen molar-refractivity contribution in [3.8, 4) is 0 Å². The lowest BCUT2D eigenvalue weighted by Crippen LogP contribution is -2.49. The molecule has 17 heavy (non-hydrogen) atoms. The van der Waals surface area contributed by atoms with E-state index in [1.54, 1.807) is 0 Å². The smallest absolute Gasteiger partial charge is 0.309 e. The molecule has 1 heterocycles. The number of methoxy groups -OCH3 is 1. The van der Waals surface area contributed by atoms with Gasteiger partial charge in [-0.3, -0.25) is 9.69 Å². The maximum Gasteiger partial charge on any atom is 0.309 e. The minimum Gasteiger partial charge on any atom is -0.469 e. The average molecular weight is 239 g/mol. The van der Waals surface area contributed by atoms with Gasteiger partial charge in [0, 0.05) is 12.6 Å². The normalized spacial score (nSPS) is 31.6. The summed E-state index contributed by atoms with van der Waals surface area (Å²) in [6.45, 7) is 4.04. The summed E-state index contributed by atoms with van der Waals surface area (Å²) in [6.07, 6.45) is 8.20. The first-order chi connectivity index (χ1) is 8.22. The highest BCUT2D eigenvalue weighted by atomic mass is 16.5. The molecule has 0 spiro atoms. The van der Waals surface area contributed by atoms with E-state index in [2.05, 4.69) is 4.90 Å². The van der Waals surface area contributed by atoms with Crippen LogP contribution in [0.15, 0.2) is 0 Å². The van der Waals surface area contributed by atoms with Crippen LogP contribution in [0.5, 0.6) is 0 Å². The largest absolute Gasteiger partial charge is 0.469 e. The lowest BCUT2D eigenvalue weighted by Gasteiger charge is -2.44. The number of carbonyl (C=O) groups is 1. The van der Waals surface area contributed by atoms with Crippen molar-refractivity contribution >= 4 is 5.97 Å². The van der Waals surface area contributed by atoms with Crippen LogP contribution in [0.4, 0.5) is 0 Å². The van der Waals surface area contributed by atoms with Gasteiger partial charge < -0.3 is 4.74 Å². The predicted octanol–water partition coefficient (Wildman–Crippen LogP) is 2.45. The Kier molecular flexibility index (Phi) is 4.43. The van der Waals surface area contributed by atoms with Crippen molar-refractivity contribution < 1.29 is 9.53 Å². The van der Waals surface area contributed by atoms with E-state index in [9.17, 15) is 4.79 Å². The number of hydrogen-bond donors (Lipinski definition) is 0. The molecule has 1 saturated heterocycles. The Labute approximate surface area is 105 Å². The molecule has 0 amide bonds. The Morgan fingerprint density at radius 2 is 2.00 bits per heavy atom. The molecule has 3 nitrogen and oxygen atoms in total. The Morgan fingerprint density at radius 1 is 1.29 bits per heavy atom. The van der Waals surface area contributed by atoms with Crippen molar-refractivity contribution in [2.45, 2.75) is 51.5 Å². The summed E-state index contributed by atoms with van der Waals surface area (Å²) in [4.78, 5) is 14.0. The highest BCUT2D eigenvalue weighted by Crippen LogP contribution is 2.35. The molecule has 0 bridgehead atoms. The van der Waals surface area contributed by atoms with Crippen molar-refractivity contribution in [3.05, 3.63) is 0 Å². The lowest BCUT2D eigenvalue weighted by atomic mass is 9.78. The van der Waals surface area contributed by atoms with Crippen LogP contribution in [0.2, 0.25) is 0 Å². The van der Waals surface area contributed by atoms with Crippen LogP contribution in [0.25, 0.3) is 0 Å². The molecule has 2 fully saturated rings. The molecule has 0 aromatic carbocycles. The van der Waals surface area contributed by atoms with E-state index in [0.717, 1.165) is 18.5 Å². The fourth-order valence-corrected chi connectivity index (χ4v) is 3.58. The second kappa shape index (κ2) is 5.85. The summed E-state index contributed by atoms with van der Waals surface area (Å²) in [5.74, 6) is 0.839. The molecule has 3 heteroatoms. The molecule has 3 unspecified atom stereocenters. The SMILES string of the molecule is COC(=O)C(C)CN1CCCC2CCCCC21. The molecule has 3 atom stereocenters. The van der Waals surface area contributed by atoms with Gasteiger partial charge in [0.25, 0.3) is 0 Å². The summed E-state index contributed by atoms with van der Waals surface area (Å²) < 4.78 is 4.82. The molecule has 0 aromatic heterocycles. The summed E-state index contributed by atoms with van der Waals surface area (Å²) in [7, 11) is 1.48. The van der Waals surface area contributed by atoms with Crippen LogP contribution >= 0.6 is 0 Å². The van der Waals surface area contributed by atoms with Gasteiger partial charge in [-0.2, -0.15) is 0 Å². The number of esters is 1. The third kappa shape index (κ3) is 3.01. The molecule has 0 radical (unpaired) electrons. The first kappa shape index (κ1) is 12.9. The van der Waals surface area contributed by atoms with E-state index in [1.165, 1.54) is 52.2 Å². The molecule has 2 rings (SSSR count). The first-order valence-corrected chi connectivity index (χ1v) is 7.04. The van der Waals surface area contributed by atoms with Crippen LogP contribution in [0.1, 0.15) is 45.4 Å². The molecule has 0 aromatic rings. The van der Waals surface area contributed by atoms with Crippen LogP contribution in [-0.2, 0) is 9.53 Å². The summed E-state index contributed by atoms with van der Waals surface area (Å²) >= 11 is 0. The lowest BCUT2D eigenvalue weighted by molar-refractivity contribution is -0.146. The minimum atomic E-state index is -0.0667. The number of carbonyl (C=O) groups excluding carboxylic acids is 1. The Morgan fingerprint density at radius 3 is 2.76 bits per heavy atom. The van der Waals surface area contributed by atoms with Crippen LogP contribution in [0.3, 0.4) is 0 Å². The number of nitrogens with zero attached hydrogens (tertiary/aromatic N) is 1. The molecule has 1 saturated carbocycles. The number of hydrogen-bond acceptors (Lipinski definition) is 3. The topological polar surface area (TPSA) is 29.5 Å². The van der Waals surface area contributed by atoms with Crippen molar-refractivity contribution in [3.63, 3.8) is 0 Å². The summed E-state index contributed by atoms with van der Waals surface area (Å²) in [5.41, 5.74) is 0. The van der Waals surface area contributed by atoms with Gasteiger partial charge in [-0.25, -0.2) is 0 Å². The maximum atomic E-state index is 11.5. The molecule has 2 aliphatic rings. The van der Waals surface area contributed by atoms with Gasteiger partial charge in [0.1, 0.15) is 0 Å². The Bertz CT molecular complexity index is 265. The molecular formula is C14H25NO2. The monoisotopic (exact) mass is 239 g/mol. The van der Waals surface area contributed by atoms with Gasteiger partial charge in [-0.15, -0.1) is 0 Å². The highest BCUT2D eigenvalue weighted by Gasteiger charge is 2.34. The van der Waals surface area contributed by atoms with Gasteiger partial charge in [-0.05, 0) is 38.1 Å². The zero-order chi connectivity index (χ0) is 12.3. The van der Waals surface area contributed by atoms with Crippen molar-refractivity contribution in [2.75, 3.05) is 20.2 Å². The summed E-state index contributed by atoms with van der Waals surface area (Å²) in [5, 5.41) is 0. The minimum absolute atomic E-state index is 0.0145. The standard InChI is InChI=1S/C14H25NO2/c1-11(14(16)17-2)10-15-9-5-7-12-6-3-4-8-13(12)15/h11-13H,3-10H2,1-2H3. The molecule has 0 N–H and O–H groups in total. The van der Waals surface area contributed by atoms with Crippen LogP contribution in [-0.4, -0.2) is 37.1 Å². The second-order valence-electron chi connectivity index (χ2n) is 5.67. The van der Waals surface area contributed by atoms with Gasteiger partial charge >= 0.3 is 5.97 Å². The molecule has 1 aliphatic carbocycles. The molecule has 1 aliphatic heterocycles. The van der Waals surface area contributed by atoms with Gasteiger partial charge in [0.2, 0.25) is 0 Å². The van der Waals surface area contributed by atoms with Crippen molar-refractivity contribution in [1.29, 1.82) is 0 Å². The third-order valence-corrected chi connectivity index (χ3v) is 4.47. The van der Waals surface area contributed by atoms with Gasteiger partial charge in [0.15, 0.2) is 0 Å². The predicted molar refractivity (Wildman–Crippen MR) is 67.7 cm³/mol. The summed E-state index contributed by atoms with van der Waals surface area (Å²) in [6, 6.07) is 0.740. The number of ether oxygens (including phenoxy) is 1. The average Bonchev–Trinajstić information content (AvgIpc) is 2.38. The number of likely N-dealkylation sites (tertiary alicyclic amines) is 1. The first-order valence-electron chi connectivity index (χ1n) is 7.04. The number of fused-ring (bicyclic) bond motifs is 1. The Hall–Kier alpha value is -0.570. The quantitative estimate of drug-likeness (QED) is 0.709. The molecular weight excluding hydrogens is 214 g/mol. The van der Waals surface area contributed by atoms with Gasteiger partial charge in [0.05, 0.1) is 13.0 Å². The number of rotatable bonds is 3. The van der Waals surface area contributed by atoms with E-state index in [-0.39, 0.29) is 11.9 Å². The number of piperidine rings is 1. The molecule has 98 valence electrons. The van der Waals surface area contributed by atoms with E-state index >= 15 is 0 Å².